The Hall–Kier alpha value is -2.55. The third kappa shape index (κ3) is 6.22. The van der Waals surface area contributed by atoms with Crippen LogP contribution in [0.4, 0.5) is 5.69 Å². The van der Waals surface area contributed by atoms with Crippen LogP contribution in [-0.2, 0) is 4.79 Å². The fourth-order valence-electron chi connectivity index (χ4n) is 3.38. The lowest BCUT2D eigenvalue weighted by atomic mass is 10.2. The molecule has 2 heterocycles. The van der Waals surface area contributed by atoms with Gasteiger partial charge in [-0.2, -0.15) is 0 Å². The molecule has 9 heteroatoms. The fraction of sp³-hybridized carbons (Fsp3) is 0.318. The second-order valence-electron chi connectivity index (χ2n) is 7.18. The molecular weight excluding hydrogens is 434 g/mol. The number of carbonyl (C=O) groups is 1. The fourth-order valence-corrected chi connectivity index (χ4v) is 4.10. The average molecular weight is 458 g/mol. The quantitative estimate of drug-likeness (QED) is 0.519. The maximum atomic E-state index is 12.1. The number of halogens is 1. The summed E-state index contributed by atoms with van der Waals surface area (Å²) in [6.45, 7) is 5.47. The van der Waals surface area contributed by atoms with Crippen LogP contribution in [0.15, 0.2) is 64.2 Å². The van der Waals surface area contributed by atoms with Crippen molar-refractivity contribution in [1.82, 2.24) is 20.4 Å². The molecule has 1 aromatic heterocycles. The van der Waals surface area contributed by atoms with Crippen molar-refractivity contribution in [2.75, 3.05) is 49.9 Å². The van der Waals surface area contributed by atoms with Gasteiger partial charge in [0.25, 0.3) is 5.22 Å². The van der Waals surface area contributed by atoms with Crippen molar-refractivity contribution in [2.24, 2.45) is 0 Å². The molecule has 162 valence electrons. The molecule has 1 fully saturated rings. The van der Waals surface area contributed by atoms with Crippen LogP contribution < -0.4 is 10.2 Å². The summed E-state index contributed by atoms with van der Waals surface area (Å²) in [6, 6.07) is 17.6. The number of carbonyl (C=O) groups excluding carboxylic acids is 1. The van der Waals surface area contributed by atoms with E-state index in [0.29, 0.717) is 22.7 Å². The second kappa shape index (κ2) is 10.7. The lowest BCUT2D eigenvalue weighted by molar-refractivity contribution is -0.118. The molecular formula is C22H24ClN5O2S. The average Bonchev–Trinajstić information content (AvgIpc) is 3.28. The highest BCUT2D eigenvalue weighted by Crippen LogP contribution is 2.24. The molecule has 0 saturated carbocycles. The molecule has 1 aliphatic rings. The van der Waals surface area contributed by atoms with Crippen molar-refractivity contribution in [3.8, 4) is 11.5 Å². The summed E-state index contributed by atoms with van der Waals surface area (Å²) in [7, 11) is 0. The Balaban J connectivity index is 1.13. The van der Waals surface area contributed by atoms with Crippen LogP contribution >= 0.6 is 23.4 Å². The standard InChI is InChI=1S/C22H24ClN5O2S/c23-18-8-6-17(7-9-18)21-25-26-22(30-21)31-16-20(29)24-10-11-27-12-14-28(15-13-27)19-4-2-1-3-5-19/h1-9H,10-16H2,(H,24,29). The van der Waals surface area contributed by atoms with E-state index in [-0.39, 0.29) is 11.7 Å². The Morgan fingerprint density at radius 2 is 1.77 bits per heavy atom. The SMILES string of the molecule is O=C(CSc1nnc(-c2ccc(Cl)cc2)o1)NCCN1CCN(c2ccccc2)CC1. The summed E-state index contributed by atoms with van der Waals surface area (Å²) in [5.41, 5.74) is 2.06. The molecule has 0 unspecified atom stereocenters. The molecule has 7 nitrogen and oxygen atoms in total. The molecule has 31 heavy (non-hydrogen) atoms. The minimum Gasteiger partial charge on any atom is -0.411 e. The third-order valence-electron chi connectivity index (χ3n) is 5.07. The maximum absolute atomic E-state index is 12.1. The van der Waals surface area contributed by atoms with Crippen molar-refractivity contribution in [3.05, 3.63) is 59.6 Å². The Morgan fingerprint density at radius 3 is 2.52 bits per heavy atom. The van der Waals surface area contributed by atoms with Gasteiger partial charge >= 0.3 is 0 Å². The van der Waals surface area contributed by atoms with Gasteiger partial charge in [-0.15, -0.1) is 10.2 Å². The highest BCUT2D eigenvalue weighted by atomic mass is 35.5. The Bertz CT molecular complexity index is 975. The van der Waals surface area contributed by atoms with Crippen LogP contribution in [0, 0.1) is 0 Å². The second-order valence-corrected chi connectivity index (χ2v) is 8.55. The van der Waals surface area contributed by atoms with E-state index >= 15 is 0 Å². The van der Waals surface area contributed by atoms with Crippen LogP contribution in [-0.4, -0.2) is 66.0 Å². The molecule has 0 aliphatic carbocycles. The molecule has 1 N–H and O–H groups in total. The first-order valence-electron chi connectivity index (χ1n) is 10.2. The van der Waals surface area contributed by atoms with E-state index in [9.17, 15) is 4.79 Å². The molecule has 0 atom stereocenters. The van der Waals surface area contributed by atoms with Gasteiger partial charge in [-0.05, 0) is 36.4 Å². The third-order valence-corrected chi connectivity index (χ3v) is 6.14. The highest BCUT2D eigenvalue weighted by Gasteiger charge is 2.17. The van der Waals surface area contributed by atoms with Crippen molar-refractivity contribution >= 4 is 35.0 Å². The first-order chi connectivity index (χ1) is 15.2. The predicted molar refractivity (Wildman–Crippen MR) is 124 cm³/mol. The molecule has 0 radical (unpaired) electrons. The largest absolute Gasteiger partial charge is 0.411 e. The number of thioether (sulfide) groups is 1. The summed E-state index contributed by atoms with van der Waals surface area (Å²) >= 11 is 7.12. The number of piperazine rings is 1. The van der Waals surface area contributed by atoms with Crippen LogP contribution in [0.3, 0.4) is 0 Å². The molecule has 0 spiro atoms. The number of benzene rings is 2. The van der Waals surface area contributed by atoms with Gasteiger partial charge in [0.15, 0.2) is 0 Å². The number of nitrogens with zero attached hydrogens (tertiary/aromatic N) is 4. The zero-order valence-electron chi connectivity index (χ0n) is 17.0. The van der Waals surface area contributed by atoms with E-state index in [1.807, 2.05) is 18.2 Å². The van der Waals surface area contributed by atoms with Crippen molar-refractivity contribution in [2.45, 2.75) is 5.22 Å². The lowest BCUT2D eigenvalue weighted by Crippen LogP contribution is -2.48. The van der Waals surface area contributed by atoms with Gasteiger partial charge in [-0.3, -0.25) is 9.69 Å². The molecule has 4 rings (SSSR count). The van der Waals surface area contributed by atoms with Crippen LogP contribution in [0.5, 0.6) is 0 Å². The summed E-state index contributed by atoms with van der Waals surface area (Å²) in [6.07, 6.45) is 0. The summed E-state index contributed by atoms with van der Waals surface area (Å²) in [4.78, 5) is 16.9. The number of amides is 1. The summed E-state index contributed by atoms with van der Waals surface area (Å²) in [5.74, 6) is 0.609. The monoisotopic (exact) mass is 457 g/mol. The van der Waals surface area contributed by atoms with E-state index < -0.39 is 0 Å². The number of para-hydroxylation sites is 1. The van der Waals surface area contributed by atoms with E-state index in [1.165, 1.54) is 17.4 Å². The van der Waals surface area contributed by atoms with Gasteiger partial charge < -0.3 is 14.6 Å². The first-order valence-corrected chi connectivity index (χ1v) is 11.5. The highest BCUT2D eigenvalue weighted by molar-refractivity contribution is 7.99. The minimum atomic E-state index is -0.0424. The van der Waals surface area contributed by atoms with E-state index in [2.05, 4.69) is 49.6 Å². The summed E-state index contributed by atoms with van der Waals surface area (Å²) in [5, 5.41) is 12.0. The van der Waals surface area contributed by atoms with Crippen molar-refractivity contribution in [3.63, 3.8) is 0 Å². The van der Waals surface area contributed by atoms with Gasteiger partial charge in [-0.1, -0.05) is 41.6 Å². The van der Waals surface area contributed by atoms with E-state index in [0.717, 1.165) is 38.3 Å². The van der Waals surface area contributed by atoms with E-state index in [4.69, 9.17) is 16.0 Å². The minimum absolute atomic E-state index is 0.0424. The number of rotatable bonds is 8. The number of anilines is 1. The normalized spacial score (nSPS) is 14.5. The van der Waals surface area contributed by atoms with Crippen molar-refractivity contribution in [1.29, 1.82) is 0 Å². The first kappa shape index (κ1) is 21.7. The Morgan fingerprint density at radius 1 is 1.03 bits per heavy atom. The van der Waals surface area contributed by atoms with Crippen LogP contribution in [0.2, 0.25) is 5.02 Å². The zero-order chi connectivity index (χ0) is 21.5. The maximum Gasteiger partial charge on any atom is 0.277 e. The molecule has 0 bridgehead atoms. The molecule has 1 aliphatic heterocycles. The lowest BCUT2D eigenvalue weighted by Gasteiger charge is -2.36. The predicted octanol–water partition coefficient (Wildman–Crippen LogP) is 3.42. The molecule has 1 saturated heterocycles. The zero-order valence-corrected chi connectivity index (χ0v) is 18.6. The van der Waals surface area contributed by atoms with Gasteiger partial charge in [0.05, 0.1) is 5.75 Å². The van der Waals surface area contributed by atoms with Gasteiger partial charge in [-0.25, -0.2) is 0 Å². The Kier molecular flexibility index (Phi) is 7.45. The van der Waals surface area contributed by atoms with Crippen LogP contribution in [0.25, 0.3) is 11.5 Å². The molecule has 1 amide bonds. The smallest absolute Gasteiger partial charge is 0.277 e. The number of nitrogens with one attached hydrogen (secondary N) is 1. The topological polar surface area (TPSA) is 74.5 Å². The van der Waals surface area contributed by atoms with Crippen molar-refractivity contribution < 1.29 is 9.21 Å². The van der Waals surface area contributed by atoms with E-state index in [1.54, 1.807) is 12.1 Å². The van der Waals surface area contributed by atoms with Gasteiger partial charge in [0.2, 0.25) is 11.8 Å². The van der Waals surface area contributed by atoms with Crippen LogP contribution in [0.1, 0.15) is 0 Å². The number of hydrogen-bond acceptors (Lipinski definition) is 7. The Labute approximate surface area is 190 Å². The molecule has 2 aromatic carbocycles. The van der Waals surface area contributed by atoms with Gasteiger partial charge in [0.1, 0.15) is 0 Å². The number of hydrogen-bond donors (Lipinski definition) is 1. The van der Waals surface area contributed by atoms with Gasteiger partial charge in [0, 0.05) is 55.5 Å². The molecule has 3 aromatic rings. The summed E-state index contributed by atoms with van der Waals surface area (Å²) < 4.78 is 5.61. The number of aromatic nitrogens is 2.